The zero-order valence-electron chi connectivity index (χ0n) is 10.8. The van der Waals surface area contributed by atoms with E-state index in [1.165, 1.54) is 6.92 Å². The Bertz CT molecular complexity index is 307. The smallest absolute Gasteiger partial charge is 0.234 e. The van der Waals surface area contributed by atoms with Crippen molar-refractivity contribution in [1.29, 1.82) is 0 Å². The molecule has 1 aliphatic heterocycles. The van der Waals surface area contributed by atoms with Crippen LogP contribution in [0.2, 0.25) is 0 Å². The van der Waals surface area contributed by atoms with Gasteiger partial charge >= 0.3 is 0 Å². The van der Waals surface area contributed by atoms with Crippen LogP contribution in [-0.2, 0) is 14.4 Å². The van der Waals surface area contributed by atoms with Crippen LogP contribution in [-0.4, -0.2) is 55.2 Å². The molecule has 1 rings (SSSR count). The van der Waals surface area contributed by atoms with Crippen LogP contribution in [0.25, 0.3) is 0 Å². The van der Waals surface area contributed by atoms with Crippen LogP contribution in [0.15, 0.2) is 0 Å². The molecule has 2 amide bonds. The van der Waals surface area contributed by atoms with E-state index in [1.807, 2.05) is 4.90 Å². The summed E-state index contributed by atoms with van der Waals surface area (Å²) in [5.41, 5.74) is 0. The number of hydrogen-bond acceptors (Lipinski definition) is 4. The average Bonchev–Trinajstić information content (AvgIpc) is 2.35. The van der Waals surface area contributed by atoms with Gasteiger partial charge in [0.1, 0.15) is 6.29 Å². The van der Waals surface area contributed by atoms with Crippen molar-refractivity contribution in [2.45, 2.75) is 32.2 Å². The Labute approximate surface area is 107 Å². The van der Waals surface area contributed by atoms with Gasteiger partial charge in [0.2, 0.25) is 11.8 Å². The molecule has 1 heterocycles. The van der Waals surface area contributed by atoms with Crippen molar-refractivity contribution in [1.82, 2.24) is 15.5 Å². The third-order valence-electron chi connectivity index (χ3n) is 2.99. The lowest BCUT2D eigenvalue weighted by molar-refractivity contribution is -0.125. The van der Waals surface area contributed by atoms with Crippen molar-refractivity contribution in [3.05, 3.63) is 0 Å². The number of nitrogens with one attached hydrogen (secondary N) is 2. The average molecular weight is 255 g/mol. The van der Waals surface area contributed by atoms with Crippen LogP contribution in [0.3, 0.4) is 0 Å². The first-order chi connectivity index (χ1) is 8.63. The van der Waals surface area contributed by atoms with Gasteiger partial charge in [-0.2, -0.15) is 0 Å². The summed E-state index contributed by atoms with van der Waals surface area (Å²) in [6.45, 7) is 3.33. The minimum atomic E-state index is -0.125. The first-order valence-corrected chi connectivity index (χ1v) is 6.34. The summed E-state index contributed by atoms with van der Waals surface area (Å²) >= 11 is 0. The summed E-state index contributed by atoms with van der Waals surface area (Å²) in [4.78, 5) is 35.0. The van der Waals surface area contributed by atoms with Crippen molar-refractivity contribution in [2.24, 2.45) is 0 Å². The van der Waals surface area contributed by atoms with E-state index >= 15 is 0 Å². The molecule has 6 nitrogen and oxygen atoms in total. The molecule has 1 aliphatic rings. The zero-order chi connectivity index (χ0) is 13.4. The van der Waals surface area contributed by atoms with Crippen LogP contribution in [0.1, 0.15) is 26.2 Å². The molecule has 0 aromatic heterocycles. The maximum absolute atomic E-state index is 11.6. The standard InChI is InChI=1S/C12H21N3O3/c1-10(17)13-5-6-14-12(18)8-15-7-3-2-4-11(15)9-16/h9,11H,2-8H2,1H3,(H,13,17)(H,14,18). The number of piperidine rings is 1. The maximum Gasteiger partial charge on any atom is 0.234 e. The highest BCUT2D eigenvalue weighted by Crippen LogP contribution is 2.14. The maximum atomic E-state index is 11.6. The molecular formula is C12H21N3O3. The van der Waals surface area contributed by atoms with E-state index in [4.69, 9.17) is 0 Å². The second-order valence-corrected chi connectivity index (χ2v) is 4.50. The van der Waals surface area contributed by atoms with Crippen LogP contribution in [0.5, 0.6) is 0 Å². The van der Waals surface area contributed by atoms with Crippen molar-refractivity contribution >= 4 is 18.1 Å². The highest BCUT2D eigenvalue weighted by Gasteiger charge is 2.23. The van der Waals surface area contributed by atoms with Crippen molar-refractivity contribution in [2.75, 3.05) is 26.2 Å². The number of likely N-dealkylation sites (tertiary alicyclic amines) is 1. The Kier molecular flexibility index (Phi) is 6.35. The molecule has 0 saturated carbocycles. The number of carbonyl (C=O) groups excluding carboxylic acids is 3. The Hall–Kier alpha value is -1.43. The lowest BCUT2D eigenvalue weighted by Crippen LogP contribution is -2.47. The first-order valence-electron chi connectivity index (χ1n) is 6.34. The SMILES string of the molecule is CC(=O)NCCNC(=O)CN1CCCCC1C=O. The number of nitrogens with zero attached hydrogens (tertiary/aromatic N) is 1. The molecular weight excluding hydrogens is 234 g/mol. The van der Waals surface area contributed by atoms with Gasteiger partial charge in [0.15, 0.2) is 0 Å². The second-order valence-electron chi connectivity index (χ2n) is 4.50. The van der Waals surface area contributed by atoms with Gasteiger partial charge in [-0.3, -0.25) is 14.5 Å². The van der Waals surface area contributed by atoms with Gasteiger partial charge in [0.25, 0.3) is 0 Å². The van der Waals surface area contributed by atoms with Crippen LogP contribution in [0, 0.1) is 0 Å². The Morgan fingerprint density at radius 2 is 2.00 bits per heavy atom. The molecule has 2 N–H and O–H groups in total. The molecule has 0 radical (unpaired) electrons. The van der Waals surface area contributed by atoms with Crippen LogP contribution >= 0.6 is 0 Å². The topological polar surface area (TPSA) is 78.5 Å². The third kappa shape index (κ3) is 5.27. The van der Waals surface area contributed by atoms with Crippen LogP contribution in [0.4, 0.5) is 0 Å². The Morgan fingerprint density at radius 3 is 2.67 bits per heavy atom. The molecule has 0 bridgehead atoms. The molecule has 0 aromatic rings. The molecule has 102 valence electrons. The monoisotopic (exact) mass is 255 g/mol. The highest BCUT2D eigenvalue weighted by molar-refractivity contribution is 5.78. The second kappa shape index (κ2) is 7.81. The normalized spacial score (nSPS) is 20.2. The third-order valence-corrected chi connectivity index (χ3v) is 2.99. The van der Waals surface area contributed by atoms with E-state index in [-0.39, 0.29) is 24.4 Å². The zero-order valence-corrected chi connectivity index (χ0v) is 10.8. The van der Waals surface area contributed by atoms with Gasteiger partial charge in [-0.15, -0.1) is 0 Å². The Balaban J connectivity index is 2.21. The molecule has 1 fully saturated rings. The molecule has 0 spiro atoms. The van der Waals surface area contributed by atoms with E-state index in [2.05, 4.69) is 10.6 Å². The highest BCUT2D eigenvalue weighted by atomic mass is 16.2. The number of aldehydes is 1. The van der Waals surface area contributed by atoms with Crippen molar-refractivity contribution in [3.8, 4) is 0 Å². The minimum Gasteiger partial charge on any atom is -0.355 e. The minimum absolute atomic E-state index is 0.103. The quantitative estimate of drug-likeness (QED) is 0.485. The van der Waals surface area contributed by atoms with E-state index < -0.39 is 0 Å². The fourth-order valence-electron chi connectivity index (χ4n) is 2.05. The summed E-state index contributed by atoms with van der Waals surface area (Å²) in [6.07, 6.45) is 3.83. The predicted molar refractivity (Wildman–Crippen MR) is 67.0 cm³/mol. The fourth-order valence-corrected chi connectivity index (χ4v) is 2.05. The van der Waals surface area contributed by atoms with Gasteiger partial charge in [-0.05, 0) is 19.4 Å². The number of amides is 2. The van der Waals surface area contributed by atoms with Crippen molar-refractivity contribution < 1.29 is 14.4 Å². The van der Waals surface area contributed by atoms with Gasteiger partial charge in [0, 0.05) is 20.0 Å². The van der Waals surface area contributed by atoms with E-state index in [0.717, 1.165) is 32.1 Å². The number of carbonyl (C=O) groups is 3. The van der Waals surface area contributed by atoms with E-state index in [1.54, 1.807) is 0 Å². The predicted octanol–water partition coefficient (Wildman–Crippen LogP) is -0.708. The molecule has 1 unspecified atom stereocenters. The summed E-state index contributed by atoms with van der Waals surface area (Å²) in [5.74, 6) is -0.213. The van der Waals surface area contributed by atoms with Gasteiger partial charge in [-0.25, -0.2) is 0 Å². The summed E-state index contributed by atoms with van der Waals surface area (Å²) < 4.78 is 0. The first kappa shape index (κ1) is 14.6. The van der Waals surface area contributed by atoms with E-state index in [0.29, 0.717) is 13.1 Å². The van der Waals surface area contributed by atoms with Gasteiger partial charge in [0.05, 0.1) is 12.6 Å². The largest absolute Gasteiger partial charge is 0.355 e. The van der Waals surface area contributed by atoms with E-state index in [9.17, 15) is 14.4 Å². The molecule has 0 aliphatic carbocycles. The molecule has 18 heavy (non-hydrogen) atoms. The van der Waals surface area contributed by atoms with Gasteiger partial charge < -0.3 is 15.4 Å². The number of rotatable bonds is 6. The summed E-state index contributed by atoms with van der Waals surface area (Å²) in [7, 11) is 0. The van der Waals surface area contributed by atoms with Crippen LogP contribution < -0.4 is 10.6 Å². The molecule has 0 aromatic carbocycles. The lowest BCUT2D eigenvalue weighted by Gasteiger charge is -2.31. The molecule has 6 heteroatoms. The summed E-state index contributed by atoms with van der Waals surface area (Å²) in [6, 6.07) is -0.125. The molecule has 1 saturated heterocycles. The van der Waals surface area contributed by atoms with Gasteiger partial charge in [-0.1, -0.05) is 6.42 Å². The summed E-state index contributed by atoms with van der Waals surface area (Å²) in [5, 5.41) is 5.32. The fraction of sp³-hybridized carbons (Fsp3) is 0.750. The number of hydrogen-bond donors (Lipinski definition) is 2. The Morgan fingerprint density at radius 1 is 1.28 bits per heavy atom. The van der Waals surface area contributed by atoms with Crippen molar-refractivity contribution in [3.63, 3.8) is 0 Å². The lowest BCUT2D eigenvalue weighted by atomic mass is 10.0. The molecule has 1 atom stereocenters.